The van der Waals surface area contributed by atoms with Crippen molar-refractivity contribution in [3.8, 4) is 0 Å². The van der Waals surface area contributed by atoms with Crippen molar-refractivity contribution in [3.05, 3.63) is 35.5 Å². The zero-order valence-corrected chi connectivity index (χ0v) is 15.4. The van der Waals surface area contributed by atoms with Crippen molar-refractivity contribution in [2.75, 3.05) is 6.61 Å². The molecule has 0 aromatic rings. The normalized spacial score (nSPS) is 29.8. The fraction of sp³-hybridized carbons (Fsp3) is 0.600. The third kappa shape index (κ3) is 5.05. The van der Waals surface area contributed by atoms with Crippen LogP contribution in [0, 0.1) is 11.8 Å². The number of fused-ring (bicyclic) bond motifs is 1. The van der Waals surface area contributed by atoms with E-state index in [1.807, 2.05) is 26.8 Å². The van der Waals surface area contributed by atoms with Crippen LogP contribution in [-0.2, 0) is 19.1 Å². The number of nitrogens with two attached hydrogens (primary N) is 1. The van der Waals surface area contributed by atoms with Gasteiger partial charge in [-0.15, -0.1) is 0 Å². The van der Waals surface area contributed by atoms with E-state index in [0.29, 0.717) is 5.57 Å². The lowest BCUT2D eigenvalue weighted by molar-refractivity contribution is -0.145. The zero-order valence-electron chi connectivity index (χ0n) is 15.4. The molecular formula is C20H29NO4. The van der Waals surface area contributed by atoms with Gasteiger partial charge in [0.15, 0.2) is 0 Å². The van der Waals surface area contributed by atoms with Gasteiger partial charge in [-0.1, -0.05) is 32.1 Å². The van der Waals surface area contributed by atoms with Gasteiger partial charge in [-0.05, 0) is 50.2 Å². The molecule has 5 nitrogen and oxygen atoms in total. The Hall–Kier alpha value is -1.88. The molecule has 1 fully saturated rings. The molecule has 25 heavy (non-hydrogen) atoms. The molecule has 3 atom stereocenters. The highest BCUT2D eigenvalue weighted by atomic mass is 16.6. The molecule has 0 saturated carbocycles. The van der Waals surface area contributed by atoms with Crippen molar-refractivity contribution < 1.29 is 19.1 Å². The first-order chi connectivity index (χ1) is 11.8. The Kier molecular flexibility index (Phi) is 6.59. The monoisotopic (exact) mass is 347 g/mol. The second-order valence-corrected chi connectivity index (χ2v) is 7.33. The van der Waals surface area contributed by atoms with Crippen molar-refractivity contribution in [1.29, 1.82) is 0 Å². The molecule has 1 aliphatic heterocycles. The van der Waals surface area contributed by atoms with Crippen LogP contribution in [0.2, 0.25) is 0 Å². The van der Waals surface area contributed by atoms with E-state index in [4.69, 9.17) is 15.2 Å². The maximum Gasteiger partial charge on any atom is 0.334 e. The summed E-state index contributed by atoms with van der Waals surface area (Å²) >= 11 is 0. The molecule has 1 aliphatic carbocycles. The van der Waals surface area contributed by atoms with E-state index in [2.05, 4.69) is 12.7 Å². The van der Waals surface area contributed by atoms with Crippen LogP contribution in [-0.4, -0.2) is 30.7 Å². The maximum atomic E-state index is 12.0. The summed E-state index contributed by atoms with van der Waals surface area (Å²) in [6, 6.07) is -0.602. The zero-order chi connectivity index (χ0) is 18.6. The van der Waals surface area contributed by atoms with Crippen LogP contribution in [0.25, 0.3) is 0 Å². The molecule has 0 radical (unpaired) electrons. The smallest absolute Gasteiger partial charge is 0.334 e. The third-order valence-electron chi connectivity index (χ3n) is 4.94. The minimum Gasteiger partial charge on any atom is -0.460 e. The van der Waals surface area contributed by atoms with E-state index in [-0.39, 0.29) is 36.5 Å². The summed E-state index contributed by atoms with van der Waals surface area (Å²) in [6.45, 7) is 9.97. The average molecular weight is 347 g/mol. The van der Waals surface area contributed by atoms with Crippen molar-refractivity contribution >= 4 is 11.9 Å². The van der Waals surface area contributed by atoms with Crippen LogP contribution in [0.1, 0.15) is 46.5 Å². The summed E-state index contributed by atoms with van der Waals surface area (Å²) in [5, 5.41) is 0. The van der Waals surface area contributed by atoms with Crippen LogP contribution >= 0.6 is 0 Å². The molecule has 1 heterocycles. The van der Waals surface area contributed by atoms with Gasteiger partial charge in [-0.25, -0.2) is 4.79 Å². The molecule has 0 spiro atoms. The third-order valence-corrected chi connectivity index (χ3v) is 4.94. The maximum absolute atomic E-state index is 12.0. The van der Waals surface area contributed by atoms with E-state index < -0.39 is 6.04 Å². The number of rotatable bonds is 4. The quantitative estimate of drug-likeness (QED) is 0.480. The number of carbonyl (C=O) groups is 2. The Morgan fingerprint density at radius 1 is 1.44 bits per heavy atom. The van der Waals surface area contributed by atoms with Crippen LogP contribution in [0.3, 0.4) is 0 Å². The standard InChI is InChI=1S/C20H29NO4/c1-12(2)18(21)20(23)24-11-15-7-5-6-13(3)10-17-16(9-8-15)14(4)19(22)25-17/h7,10,12,16-18H,4-6,8-9,11,21H2,1-3H3/b13-10+,15-7+/t16-,17+,18-/m0/s1. The molecule has 0 unspecified atom stereocenters. The van der Waals surface area contributed by atoms with Crippen LogP contribution in [0.15, 0.2) is 35.5 Å². The SMILES string of the molecule is C=C1C(=O)O[C@@H]2/C=C(\C)CC/C=C(/COC(=O)[C@@H](N)C(C)C)CC[C@@H]12. The van der Waals surface area contributed by atoms with Crippen LogP contribution < -0.4 is 5.73 Å². The molecule has 2 N–H and O–H groups in total. The summed E-state index contributed by atoms with van der Waals surface area (Å²) in [5.74, 6) is -0.648. The highest BCUT2D eigenvalue weighted by Gasteiger charge is 2.37. The van der Waals surface area contributed by atoms with E-state index in [1.165, 1.54) is 5.57 Å². The van der Waals surface area contributed by atoms with Crippen molar-refractivity contribution in [2.24, 2.45) is 17.6 Å². The van der Waals surface area contributed by atoms with E-state index in [9.17, 15) is 9.59 Å². The summed E-state index contributed by atoms with van der Waals surface area (Å²) in [6.07, 6.45) is 7.20. The lowest BCUT2D eigenvalue weighted by Crippen LogP contribution is -2.37. The van der Waals surface area contributed by atoms with Gasteiger partial charge in [0.25, 0.3) is 0 Å². The number of allylic oxidation sites excluding steroid dienone is 2. The Morgan fingerprint density at radius 2 is 2.16 bits per heavy atom. The minimum atomic E-state index is -0.602. The van der Waals surface area contributed by atoms with Crippen LogP contribution in [0.5, 0.6) is 0 Å². The Bertz CT molecular complexity index is 603. The van der Waals surface area contributed by atoms with Gasteiger partial charge in [0.05, 0.1) is 0 Å². The van der Waals surface area contributed by atoms with Crippen molar-refractivity contribution in [3.63, 3.8) is 0 Å². The molecule has 0 amide bonds. The molecule has 5 heteroatoms. The first kappa shape index (κ1) is 19.4. The predicted molar refractivity (Wildman–Crippen MR) is 96.6 cm³/mol. The molecule has 0 bridgehead atoms. The summed E-state index contributed by atoms with van der Waals surface area (Å²) in [5.41, 5.74) is 8.62. The fourth-order valence-electron chi connectivity index (χ4n) is 3.09. The van der Waals surface area contributed by atoms with E-state index in [0.717, 1.165) is 31.3 Å². The second kappa shape index (κ2) is 8.48. The number of hydrogen-bond acceptors (Lipinski definition) is 5. The molecule has 1 saturated heterocycles. The molecular weight excluding hydrogens is 318 g/mol. The minimum absolute atomic E-state index is 0.0161. The largest absolute Gasteiger partial charge is 0.460 e. The number of ether oxygens (including phenoxy) is 2. The summed E-state index contributed by atoms with van der Waals surface area (Å²) in [4.78, 5) is 23.8. The first-order valence-corrected chi connectivity index (χ1v) is 8.96. The lowest BCUT2D eigenvalue weighted by atomic mass is 9.88. The van der Waals surface area contributed by atoms with Gasteiger partial charge in [0.2, 0.25) is 0 Å². The highest BCUT2D eigenvalue weighted by molar-refractivity contribution is 5.91. The molecule has 2 rings (SSSR count). The molecule has 138 valence electrons. The summed E-state index contributed by atoms with van der Waals surface area (Å²) < 4.78 is 10.8. The second-order valence-electron chi connectivity index (χ2n) is 7.33. The fourth-order valence-corrected chi connectivity index (χ4v) is 3.09. The number of esters is 2. The molecule has 2 aliphatic rings. The van der Waals surface area contributed by atoms with Crippen molar-refractivity contribution in [2.45, 2.75) is 58.6 Å². The van der Waals surface area contributed by atoms with Gasteiger partial charge in [0, 0.05) is 11.5 Å². The molecule has 0 aromatic carbocycles. The lowest BCUT2D eigenvalue weighted by Gasteiger charge is -2.19. The Morgan fingerprint density at radius 3 is 2.84 bits per heavy atom. The number of hydrogen-bond donors (Lipinski definition) is 1. The molecule has 0 aromatic heterocycles. The van der Waals surface area contributed by atoms with Gasteiger partial charge in [-0.3, -0.25) is 4.79 Å². The van der Waals surface area contributed by atoms with Gasteiger partial charge in [-0.2, -0.15) is 0 Å². The summed E-state index contributed by atoms with van der Waals surface area (Å²) in [7, 11) is 0. The highest BCUT2D eigenvalue weighted by Crippen LogP contribution is 2.34. The number of carbonyl (C=O) groups excluding carboxylic acids is 2. The van der Waals surface area contributed by atoms with E-state index >= 15 is 0 Å². The van der Waals surface area contributed by atoms with Crippen LogP contribution in [0.4, 0.5) is 0 Å². The van der Waals surface area contributed by atoms with Gasteiger partial charge < -0.3 is 15.2 Å². The average Bonchev–Trinajstić information content (AvgIpc) is 2.82. The Balaban J connectivity index is 2.03. The predicted octanol–water partition coefficient (Wildman–Crippen LogP) is 3.06. The van der Waals surface area contributed by atoms with Gasteiger partial charge >= 0.3 is 11.9 Å². The first-order valence-electron chi connectivity index (χ1n) is 8.96. The topological polar surface area (TPSA) is 78.6 Å². The van der Waals surface area contributed by atoms with Crippen molar-refractivity contribution in [1.82, 2.24) is 0 Å². The Labute approximate surface area is 149 Å². The van der Waals surface area contributed by atoms with Gasteiger partial charge in [0.1, 0.15) is 18.8 Å². The van der Waals surface area contributed by atoms with E-state index in [1.54, 1.807) is 0 Å².